The first-order valence-corrected chi connectivity index (χ1v) is 7.36. The summed E-state index contributed by atoms with van der Waals surface area (Å²) in [4.78, 5) is 0.0903. The maximum atomic E-state index is 12.4. The average molecular weight is 292 g/mol. The number of rotatable bonds is 3. The molecule has 1 aliphatic rings. The summed E-state index contributed by atoms with van der Waals surface area (Å²) in [6.07, 6.45) is 0. The van der Waals surface area contributed by atoms with E-state index in [0.29, 0.717) is 5.02 Å². The topological polar surface area (TPSA) is 86.6 Å². The molecule has 0 unspecified atom stereocenters. The summed E-state index contributed by atoms with van der Waals surface area (Å²) in [6, 6.07) is 5.76. The third kappa shape index (κ3) is 2.26. The van der Waals surface area contributed by atoms with Gasteiger partial charge in [0, 0.05) is 18.1 Å². The van der Waals surface area contributed by atoms with E-state index < -0.39 is 27.3 Å². The normalized spacial score (nSPS) is 28.5. The number of halogens is 1. The van der Waals surface area contributed by atoms with Crippen LogP contribution in [-0.2, 0) is 9.84 Å². The fourth-order valence-electron chi connectivity index (χ4n) is 2.07. The molecule has 5 nitrogen and oxygen atoms in total. The molecule has 0 amide bonds. The molecule has 18 heavy (non-hydrogen) atoms. The van der Waals surface area contributed by atoms with Crippen molar-refractivity contribution in [3.63, 3.8) is 0 Å². The molecular formula is C11H14ClNO4S. The third-order valence-electron chi connectivity index (χ3n) is 3.15. The van der Waals surface area contributed by atoms with Crippen LogP contribution < -0.4 is 5.32 Å². The zero-order valence-electron chi connectivity index (χ0n) is 9.51. The van der Waals surface area contributed by atoms with Crippen molar-refractivity contribution in [1.82, 2.24) is 5.32 Å². The summed E-state index contributed by atoms with van der Waals surface area (Å²) in [6.45, 7) is -0.430. The minimum absolute atomic E-state index is 0.0565. The first-order chi connectivity index (χ1) is 8.40. The fourth-order valence-corrected chi connectivity index (χ4v) is 4.11. The number of aliphatic hydroxyl groups is 2. The van der Waals surface area contributed by atoms with Gasteiger partial charge in [0.1, 0.15) is 10.9 Å². The lowest BCUT2D eigenvalue weighted by molar-refractivity contribution is 0.00578. The lowest BCUT2D eigenvalue weighted by Gasteiger charge is -2.26. The molecule has 100 valence electrons. The number of nitrogens with one attached hydrogen (secondary N) is 1. The second-order valence-electron chi connectivity index (χ2n) is 4.38. The van der Waals surface area contributed by atoms with Crippen LogP contribution in [0.1, 0.15) is 0 Å². The predicted molar refractivity (Wildman–Crippen MR) is 67.3 cm³/mol. The van der Waals surface area contributed by atoms with E-state index in [1.807, 2.05) is 0 Å². The second-order valence-corrected chi connectivity index (χ2v) is 6.95. The monoisotopic (exact) mass is 291 g/mol. The Hall–Kier alpha value is -0.660. The highest BCUT2D eigenvalue weighted by molar-refractivity contribution is 7.92. The zero-order chi connectivity index (χ0) is 13.4. The van der Waals surface area contributed by atoms with Crippen molar-refractivity contribution in [2.45, 2.75) is 15.7 Å². The Morgan fingerprint density at radius 1 is 1.39 bits per heavy atom. The number of benzene rings is 1. The molecule has 2 rings (SSSR count). The number of hydrogen-bond donors (Lipinski definition) is 3. The van der Waals surface area contributed by atoms with Gasteiger partial charge in [-0.25, -0.2) is 8.42 Å². The fraction of sp³-hybridized carbons (Fsp3) is 0.455. The van der Waals surface area contributed by atoms with Gasteiger partial charge in [0.15, 0.2) is 9.84 Å². The molecule has 0 aromatic heterocycles. The number of β-amino-alcohol motifs (C(OH)–C–C–N with tert-alkyl or cyclic N) is 1. The largest absolute Gasteiger partial charge is 0.393 e. The van der Waals surface area contributed by atoms with E-state index in [2.05, 4.69) is 5.32 Å². The molecule has 1 aliphatic heterocycles. The van der Waals surface area contributed by atoms with Crippen molar-refractivity contribution in [1.29, 1.82) is 0 Å². The van der Waals surface area contributed by atoms with Gasteiger partial charge in [0.2, 0.25) is 0 Å². The van der Waals surface area contributed by atoms with E-state index in [-0.39, 0.29) is 18.0 Å². The second kappa shape index (κ2) is 4.79. The molecule has 0 bridgehead atoms. The van der Waals surface area contributed by atoms with Crippen LogP contribution in [0.25, 0.3) is 0 Å². The Bertz CT molecular complexity index is 530. The SMILES string of the molecule is O=S(=O)(c1ccc(Cl)cc1)[C@H]1CNC[C@]1(O)CO. The van der Waals surface area contributed by atoms with Crippen molar-refractivity contribution in [2.24, 2.45) is 0 Å². The Morgan fingerprint density at radius 2 is 2.00 bits per heavy atom. The molecule has 3 N–H and O–H groups in total. The lowest BCUT2D eigenvalue weighted by Crippen LogP contribution is -2.49. The first kappa shape index (κ1) is 13.8. The molecule has 0 spiro atoms. The highest BCUT2D eigenvalue weighted by atomic mass is 35.5. The highest BCUT2D eigenvalue weighted by Gasteiger charge is 2.48. The van der Waals surface area contributed by atoms with Gasteiger partial charge in [-0.3, -0.25) is 0 Å². The summed E-state index contributed by atoms with van der Waals surface area (Å²) in [5, 5.41) is 21.4. The van der Waals surface area contributed by atoms with Gasteiger partial charge in [0.25, 0.3) is 0 Å². The van der Waals surface area contributed by atoms with Crippen molar-refractivity contribution in [2.75, 3.05) is 19.7 Å². The van der Waals surface area contributed by atoms with E-state index in [1.54, 1.807) is 0 Å². The minimum Gasteiger partial charge on any atom is -0.393 e. The van der Waals surface area contributed by atoms with Crippen molar-refractivity contribution < 1.29 is 18.6 Å². The molecule has 1 aromatic rings. The molecule has 1 heterocycles. The summed E-state index contributed by atoms with van der Waals surface area (Å²) < 4.78 is 24.7. The van der Waals surface area contributed by atoms with Crippen molar-refractivity contribution >= 4 is 21.4 Å². The lowest BCUT2D eigenvalue weighted by atomic mass is 10.1. The van der Waals surface area contributed by atoms with Crippen LogP contribution >= 0.6 is 11.6 Å². The van der Waals surface area contributed by atoms with E-state index in [0.717, 1.165) is 0 Å². The Labute approximate surface area is 110 Å². The van der Waals surface area contributed by atoms with Gasteiger partial charge in [-0.2, -0.15) is 0 Å². The van der Waals surface area contributed by atoms with Crippen LogP contribution in [0.15, 0.2) is 29.2 Å². The molecule has 2 atom stereocenters. The molecule has 1 fully saturated rings. The number of sulfone groups is 1. The maximum absolute atomic E-state index is 12.4. The molecular weight excluding hydrogens is 278 g/mol. The summed E-state index contributed by atoms with van der Waals surface area (Å²) in [5.41, 5.74) is -1.64. The Kier molecular flexibility index (Phi) is 3.66. The van der Waals surface area contributed by atoms with Crippen LogP contribution in [-0.4, -0.2) is 49.2 Å². The van der Waals surface area contributed by atoms with Crippen LogP contribution in [0.4, 0.5) is 0 Å². The molecule has 0 radical (unpaired) electrons. The maximum Gasteiger partial charge on any atom is 0.185 e. The van der Waals surface area contributed by atoms with E-state index in [9.17, 15) is 18.6 Å². The van der Waals surface area contributed by atoms with Gasteiger partial charge >= 0.3 is 0 Å². The van der Waals surface area contributed by atoms with Gasteiger partial charge in [-0.05, 0) is 24.3 Å². The summed E-state index contributed by atoms with van der Waals surface area (Å²) in [5.74, 6) is 0. The quantitative estimate of drug-likeness (QED) is 0.718. The van der Waals surface area contributed by atoms with Crippen LogP contribution in [0.2, 0.25) is 5.02 Å². The molecule has 0 aliphatic carbocycles. The van der Waals surface area contributed by atoms with Crippen LogP contribution in [0.5, 0.6) is 0 Å². The summed E-state index contributed by atoms with van der Waals surface area (Å²) >= 11 is 5.71. The van der Waals surface area contributed by atoms with E-state index in [1.165, 1.54) is 24.3 Å². The molecule has 0 saturated carbocycles. The number of hydrogen-bond acceptors (Lipinski definition) is 5. The van der Waals surface area contributed by atoms with Gasteiger partial charge in [-0.1, -0.05) is 11.6 Å². The minimum atomic E-state index is -3.71. The van der Waals surface area contributed by atoms with Crippen molar-refractivity contribution in [3.05, 3.63) is 29.3 Å². The zero-order valence-corrected chi connectivity index (χ0v) is 11.1. The Balaban J connectivity index is 2.40. The predicted octanol–water partition coefficient (Wildman–Crippen LogP) is -0.191. The van der Waals surface area contributed by atoms with Gasteiger partial charge in [-0.15, -0.1) is 0 Å². The van der Waals surface area contributed by atoms with Crippen LogP contribution in [0, 0.1) is 0 Å². The molecule has 1 saturated heterocycles. The highest BCUT2D eigenvalue weighted by Crippen LogP contribution is 2.28. The standard InChI is InChI=1S/C11H14ClNO4S/c12-8-1-3-9(4-2-8)18(16,17)10-5-13-6-11(10,15)7-14/h1-4,10,13-15H,5-7H2/t10-,11-/m0/s1. The molecule has 7 heteroatoms. The third-order valence-corrected chi connectivity index (χ3v) is 5.69. The van der Waals surface area contributed by atoms with Gasteiger partial charge < -0.3 is 15.5 Å². The van der Waals surface area contributed by atoms with E-state index >= 15 is 0 Å². The Morgan fingerprint density at radius 3 is 2.56 bits per heavy atom. The molecule has 1 aromatic carbocycles. The van der Waals surface area contributed by atoms with E-state index in [4.69, 9.17) is 11.6 Å². The first-order valence-electron chi connectivity index (χ1n) is 5.43. The van der Waals surface area contributed by atoms with Gasteiger partial charge in [0.05, 0.1) is 11.5 Å². The summed E-state index contributed by atoms with van der Waals surface area (Å²) in [7, 11) is -3.71. The number of aliphatic hydroxyl groups excluding tert-OH is 1. The smallest absolute Gasteiger partial charge is 0.185 e. The van der Waals surface area contributed by atoms with Crippen molar-refractivity contribution in [3.8, 4) is 0 Å². The van der Waals surface area contributed by atoms with Crippen LogP contribution in [0.3, 0.4) is 0 Å². The average Bonchev–Trinajstić information content (AvgIpc) is 2.73.